The molecule has 1 heterocycles. The van der Waals surface area contributed by atoms with Crippen LogP contribution in [0.1, 0.15) is 6.92 Å². The number of hydrogen-bond acceptors (Lipinski definition) is 6. The number of hydrogen-bond donors (Lipinski definition) is 2. The first-order valence-corrected chi connectivity index (χ1v) is 6.63. The van der Waals surface area contributed by atoms with Crippen molar-refractivity contribution >= 4 is 17.8 Å². The van der Waals surface area contributed by atoms with E-state index in [2.05, 4.69) is 5.32 Å². The largest absolute Gasteiger partial charge is 0.464 e. The number of esters is 1. The zero-order chi connectivity index (χ0) is 15.1. The summed E-state index contributed by atoms with van der Waals surface area (Å²) >= 11 is 0. The minimum Gasteiger partial charge on any atom is -0.464 e. The van der Waals surface area contributed by atoms with E-state index in [0.717, 1.165) is 0 Å². The van der Waals surface area contributed by atoms with Gasteiger partial charge in [0.15, 0.2) is 6.04 Å². The number of carbonyl (C=O) groups is 3. The lowest BCUT2D eigenvalue weighted by atomic mass is 10.2. The second-order valence-corrected chi connectivity index (χ2v) is 4.50. The lowest BCUT2D eigenvalue weighted by molar-refractivity contribution is -0.151. The van der Waals surface area contributed by atoms with Crippen molar-refractivity contribution < 1.29 is 19.1 Å². The van der Waals surface area contributed by atoms with Gasteiger partial charge in [-0.2, -0.15) is 0 Å². The number of likely N-dealkylation sites (N-methyl/N-ethyl adjacent to an activating group) is 1. The van der Waals surface area contributed by atoms with Crippen LogP contribution in [0, 0.1) is 0 Å². The van der Waals surface area contributed by atoms with Gasteiger partial charge in [-0.05, 0) is 6.92 Å². The van der Waals surface area contributed by atoms with Gasteiger partial charge in [-0.15, -0.1) is 0 Å². The van der Waals surface area contributed by atoms with E-state index in [0.29, 0.717) is 32.7 Å². The van der Waals surface area contributed by atoms with Crippen molar-refractivity contribution in [3.63, 3.8) is 0 Å². The molecule has 8 nitrogen and oxygen atoms in total. The summed E-state index contributed by atoms with van der Waals surface area (Å²) in [5.74, 6) is -1.19. The summed E-state index contributed by atoms with van der Waals surface area (Å²) in [4.78, 5) is 38.1. The molecule has 0 spiro atoms. The van der Waals surface area contributed by atoms with E-state index in [-0.39, 0.29) is 12.5 Å². The summed E-state index contributed by atoms with van der Waals surface area (Å²) in [6.45, 7) is 4.21. The van der Waals surface area contributed by atoms with Crippen molar-refractivity contribution in [3.05, 3.63) is 0 Å². The number of piperazine rings is 1. The Hall–Kier alpha value is -1.67. The fraction of sp³-hybridized carbons (Fsp3) is 0.750. The second-order valence-electron chi connectivity index (χ2n) is 4.50. The Kier molecular flexibility index (Phi) is 6.40. The van der Waals surface area contributed by atoms with E-state index in [4.69, 9.17) is 10.5 Å². The third-order valence-corrected chi connectivity index (χ3v) is 3.14. The summed E-state index contributed by atoms with van der Waals surface area (Å²) in [7, 11) is 1.58. The van der Waals surface area contributed by atoms with E-state index in [1.54, 1.807) is 14.0 Å². The molecule has 1 aliphatic heterocycles. The highest BCUT2D eigenvalue weighted by Crippen LogP contribution is 2.04. The number of amides is 2. The predicted octanol–water partition coefficient (Wildman–Crippen LogP) is -2.23. The van der Waals surface area contributed by atoms with Gasteiger partial charge in [-0.25, -0.2) is 4.79 Å². The van der Waals surface area contributed by atoms with E-state index < -0.39 is 17.9 Å². The Balaban J connectivity index is 2.42. The van der Waals surface area contributed by atoms with Crippen molar-refractivity contribution in [2.45, 2.75) is 13.0 Å². The van der Waals surface area contributed by atoms with Crippen LogP contribution in [0.15, 0.2) is 0 Å². The number of ether oxygens (including phenoxy) is 1. The third-order valence-electron chi connectivity index (χ3n) is 3.14. The SMILES string of the molecule is CCOC(=O)C(N)C(=O)N1CCN(CC(=O)NC)CC1. The highest BCUT2D eigenvalue weighted by Gasteiger charge is 2.30. The fourth-order valence-corrected chi connectivity index (χ4v) is 1.94. The molecule has 1 rings (SSSR count). The molecule has 1 atom stereocenters. The van der Waals surface area contributed by atoms with E-state index in [1.165, 1.54) is 4.90 Å². The van der Waals surface area contributed by atoms with Crippen LogP contribution in [-0.2, 0) is 19.1 Å². The zero-order valence-corrected chi connectivity index (χ0v) is 11.9. The maximum atomic E-state index is 12.0. The molecular weight excluding hydrogens is 264 g/mol. The molecule has 1 aliphatic rings. The summed E-state index contributed by atoms with van der Waals surface area (Å²) in [5.41, 5.74) is 5.57. The van der Waals surface area contributed by atoms with Crippen LogP contribution >= 0.6 is 0 Å². The first-order chi connectivity index (χ1) is 9.49. The Morgan fingerprint density at radius 1 is 1.25 bits per heavy atom. The highest BCUT2D eigenvalue weighted by atomic mass is 16.5. The molecule has 1 unspecified atom stereocenters. The minimum absolute atomic E-state index is 0.0620. The third kappa shape index (κ3) is 4.46. The van der Waals surface area contributed by atoms with Crippen LogP contribution in [0.25, 0.3) is 0 Å². The molecule has 0 radical (unpaired) electrons. The number of nitrogens with zero attached hydrogens (tertiary/aromatic N) is 2. The monoisotopic (exact) mass is 286 g/mol. The molecule has 1 saturated heterocycles. The van der Waals surface area contributed by atoms with Gasteiger partial charge >= 0.3 is 5.97 Å². The van der Waals surface area contributed by atoms with Gasteiger partial charge < -0.3 is 20.7 Å². The second kappa shape index (κ2) is 7.81. The average molecular weight is 286 g/mol. The molecule has 3 N–H and O–H groups in total. The van der Waals surface area contributed by atoms with Gasteiger partial charge in [0.05, 0.1) is 13.2 Å². The first kappa shape index (κ1) is 16.4. The molecule has 20 heavy (non-hydrogen) atoms. The van der Waals surface area contributed by atoms with E-state index in [1.807, 2.05) is 4.90 Å². The van der Waals surface area contributed by atoms with Crippen LogP contribution in [-0.4, -0.2) is 80.0 Å². The molecular formula is C12H22N4O4. The number of carbonyl (C=O) groups excluding carboxylic acids is 3. The van der Waals surface area contributed by atoms with Gasteiger partial charge in [-0.3, -0.25) is 14.5 Å². The van der Waals surface area contributed by atoms with Crippen molar-refractivity contribution in [1.82, 2.24) is 15.1 Å². The van der Waals surface area contributed by atoms with Gasteiger partial charge in [0.25, 0.3) is 5.91 Å². The molecule has 0 aromatic heterocycles. The summed E-state index contributed by atoms with van der Waals surface area (Å²) < 4.78 is 4.73. The standard InChI is InChI=1S/C12H22N4O4/c1-3-20-12(19)10(13)11(18)16-6-4-15(5-7-16)8-9(17)14-2/h10H,3-8,13H2,1-2H3,(H,14,17). The van der Waals surface area contributed by atoms with E-state index >= 15 is 0 Å². The Morgan fingerprint density at radius 2 is 1.85 bits per heavy atom. The van der Waals surface area contributed by atoms with Gasteiger partial charge in [0.1, 0.15) is 0 Å². The number of nitrogens with one attached hydrogen (secondary N) is 1. The average Bonchev–Trinajstić information content (AvgIpc) is 2.46. The highest BCUT2D eigenvalue weighted by molar-refractivity contribution is 6.01. The first-order valence-electron chi connectivity index (χ1n) is 6.63. The molecule has 0 bridgehead atoms. The summed E-state index contributed by atoms with van der Waals surface area (Å²) in [6.07, 6.45) is 0. The van der Waals surface area contributed by atoms with Crippen LogP contribution in [0.2, 0.25) is 0 Å². The molecule has 0 aromatic carbocycles. The smallest absolute Gasteiger partial charge is 0.332 e. The quantitative estimate of drug-likeness (QED) is 0.438. The normalized spacial score (nSPS) is 17.4. The lowest BCUT2D eigenvalue weighted by Gasteiger charge is -2.35. The van der Waals surface area contributed by atoms with Crippen LogP contribution in [0.3, 0.4) is 0 Å². The number of rotatable bonds is 5. The van der Waals surface area contributed by atoms with Crippen molar-refractivity contribution in [2.24, 2.45) is 5.73 Å². The Bertz CT molecular complexity index is 366. The molecule has 8 heteroatoms. The molecule has 0 aromatic rings. The van der Waals surface area contributed by atoms with Crippen LogP contribution < -0.4 is 11.1 Å². The Labute approximate surface area is 118 Å². The number of nitrogens with two attached hydrogens (primary N) is 1. The van der Waals surface area contributed by atoms with E-state index in [9.17, 15) is 14.4 Å². The van der Waals surface area contributed by atoms with Crippen molar-refractivity contribution in [2.75, 3.05) is 46.4 Å². The topological polar surface area (TPSA) is 105 Å². The van der Waals surface area contributed by atoms with Crippen molar-refractivity contribution in [3.8, 4) is 0 Å². The molecule has 1 fully saturated rings. The van der Waals surface area contributed by atoms with Gasteiger partial charge in [-0.1, -0.05) is 0 Å². The summed E-state index contributed by atoms with van der Waals surface area (Å²) in [6, 6.07) is -1.26. The van der Waals surface area contributed by atoms with Crippen molar-refractivity contribution in [1.29, 1.82) is 0 Å². The van der Waals surface area contributed by atoms with Gasteiger partial charge in [0.2, 0.25) is 5.91 Å². The van der Waals surface area contributed by atoms with Crippen LogP contribution in [0.5, 0.6) is 0 Å². The molecule has 2 amide bonds. The minimum atomic E-state index is -1.26. The van der Waals surface area contributed by atoms with Gasteiger partial charge in [0, 0.05) is 33.2 Å². The molecule has 114 valence electrons. The lowest BCUT2D eigenvalue weighted by Crippen LogP contribution is -2.56. The van der Waals surface area contributed by atoms with Crippen LogP contribution in [0.4, 0.5) is 0 Å². The maximum absolute atomic E-state index is 12.0. The predicted molar refractivity (Wildman–Crippen MR) is 71.7 cm³/mol. The summed E-state index contributed by atoms with van der Waals surface area (Å²) in [5, 5.41) is 2.55. The fourth-order valence-electron chi connectivity index (χ4n) is 1.94. The zero-order valence-electron chi connectivity index (χ0n) is 11.9. The molecule has 0 saturated carbocycles. The molecule has 0 aliphatic carbocycles. The maximum Gasteiger partial charge on any atom is 0.332 e. The Morgan fingerprint density at radius 3 is 2.35 bits per heavy atom.